The molecule has 2 rings (SSSR count). The summed E-state index contributed by atoms with van der Waals surface area (Å²) in [4.78, 5) is 12.4. The van der Waals surface area contributed by atoms with E-state index in [0.717, 1.165) is 16.9 Å². The highest BCUT2D eigenvalue weighted by Gasteiger charge is 2.17. The maximum Gasteiger partial charge on any atom is 0.265 e. The van der Waals surface area contributed by atoms with Gasteiger partial charge in [-0.1, -0.05) is 17.7 Å². The molecule has 0 spiro atoms. The van der Waals surface area contributed by atoms with Crippen LogP contribution < -0.4 is 14.8 Å². The maximum absolute atomic E-state index is 12.4. The predicted octanol–water partition coefficient (Wildman–Crippen LogP) is 4.76. The van der Waals surface area contributed by atoms with E-state index in [9.17, 15) is 4.79 Å². The second-order valence-electron chi connectivity index (χ2n) is 5.59. The molecule has 0 saturated heterocycles. The van der Waals surface area contributed by atoms with Crippen molar-refractivity contribution >= 4 is 23.2 Å². The number of benzene rings is 2. The first-order valence-corrected chi connectivity index (χ1v) is 8.25. The first kappa shape index (κ1) is 18.1. The van der Waals surface area contributed by atoms with Gasteiger partial charge in [0, 0.05) is 0 Å². The van der Waals surface area contributed by atoms with Gasteiger partial charge in [-0.05, 0) is 69.2 Å². The quantitative estimate of drug-likeness (QED) is 0.819. The van der Waals surface area contributed by atoms with E-state index in [0.29, 0.717) is 23.1 Å². The topological polar surface area (TPSA) is 47.6 Å². The lowest BCUT2D eigenvalue weighted by Crippen LogP contribution is -2.30. The van der Waals surface area contributed by atoms with Crippen molar-refractivity contribution in [1.82, 2.24) is 0 Å². The van der Waals surface area contributed by atoms with Crippen molar-refractivity contribution in [1.29, 1.82) is 0 Å². The molecule has 24 heavy (non-hydrogen) atoms. The van der Waals surface area contributed by atoms with Gasteiger partial charge >= 0.3 is 0 Å². The van der Waals surface area contributed by atoms with Crippen molar-refractivity contribution in [2.24, 2.45) is 0 Å². The van der Waals surface area contributed by atoms with Crippen LogP contribution in [0.5, 0.6) is 11.5 Å². The fraction of sp³-hybridized carbons (Fsp3) is 0.316. The summed E-state index contributed by atoms with van der Waals surface area (Å²) in [5.41, 5.74) is 2.59. The van der Waals surface area contributed by atoms with Crippen molar-refractivity contribution in [3.63, 3.8) is 0 Å². The zero-order valence-corrected chi connectivity index (χ0v) is 15.1. The number of nitrogens with one attached hydrogen (secondary N) is 1. The standard InChI is InChI=1S/C19H22ClNO3/c1-5-23-15-6-8-16(9-7-15)24-14(4)19(22)21-18-13(3)10-12(2)11-17(18)20/h6-11,14H,5H2,1-4H3,(H,21,22). The van der Waals surface area contributed by atoms with Crippen LogP contribution in [0.15, 0.2) is 36.4 Å². The van der Waals surface area contributed by atoms with Crippen LogP contribution in [0.25, 0.3) is 0 Å². The number of rotatable bonds is 6. The molecule has 0 bridgehead atoms. The van der Waals surface area contributed by atoms with Crippen LogP contribution in [0, 0.1) is 13.8 Å². The number of carbonyl (C=O) groups excluding carboxylic acids is 1. The van der Waals surface area contributed by atoms with Crippen LogP contribution in [0.3, 0.4) is 0 Å². The SMILES string of the molecule is CCOc1ccc(OC(C)C(=O)Nc2c(C)cc(C)cc2Cl)cc1. The number of hydrogen-bond acceptors (Lipinski definition) is 3. The third-order valence-electron chi connectivity index (χ3n) is 3.50. The number of carbonyl (C=O) groups is 1. The molecule has 1 atom stereocenters. The molecule has 0 heterocycles. The summed E-state index contributed by atoms with van der Waals surface area (Å²) in [5.74, 6) is 1.12. The monoisotopic (exact) mass is 347 g/mol. The number of halogens is 1. The summed E-state index contributed by atoms with van der Waals surface area (Å²) in [6.07, 6.45) is -0.653. The van der Waals surface area contributed by atoms with Crippen LogP contribution in [0.1, 0.15) is 25.0 Å². The van der Waals surface area contributed by atoms with Crippen molar-refractivity contribution in [3.8, 4) is 11.5 Å². The van der Waals surface area contributed by atoms with Gasteiger partial charge in [-0.2, -0.15) is 0 Å². The van der Waals surface area contributed by atoms with E-state index in [-0.39, 0.29) is 5.91 Å². The van der Waals surface area contributed by atoms with E-state index in [1.807, 2.05) is 45.0 Å². The smallest absolute Gasteiger partial charge is 0.265 e. The second-order valence-corrected chi connectivity index (χ2v) is 6.00. The van der Waals surface area contributed by atoms with Crippen LogP contribution in [-0.4, -0.2) is 18.6 Å². The minimum Gasteiger partial charge on any atom is -0.494 e. The minimum absolute atomic E-state index is 0.252. The van der Waals surface area contributed by atoms with Crippen molar-refractivity contribution in [3.05, 3.63) is 52.5 Å². The van der Waals surface area contributed by atoms with Gasteiger partial charge < -0.3 is 14.8 Å². The van der Waals surface area contributed by atoms with Crippen LogP contribution in [0.4, 0.5) is 5.69 Å². The van der Waals surface area contributed by atoms with E-state index >= 15 is 0 Å². The van der Waals surface area contributed by atoms with Gasteiger partial charge in [0.15, 0.2) is 6.10 Å². The highest BCUT2D eigenvalue weighted by atomic mass is 35.5. The van der Waals surface area contributed by atoms with Gasteiger partial charge in [0.1, 0.15) is 11.5 Å². The first-order valence-electron chi connectivity index (χ1n) is 7.87. The lowest BCUT2D eigenvalue weighted by atomic mass is 10.1. The average molecular weight is 348 g/mol. The zero-order valence-electron chi connectivity index (χ0n) is 14.4. The number of ether oxygens (including phenoxy) is 2. The van der Waals surface area contributed by atoms with Crippen LogP contribution in [-0.2, 0) is 4.79 Å². The summed E-state index contributed by atoms with van der Waals surface area (Å²) in [6.45, 7) is 8.10. The Balaban J connectivity index is 2.02. The van der Waals surface area contributed by atoms with Gasteiger partial charge in [0.2, 0.25) is 0 Å². The Morgan fingerprint density at radius 3 is 2.38 bits per heavy atom. The Morgan fingerprint density at radius 2 is 1.79 bits per heavy atom. The van der Waals surface area contributed by atoms with Gasteiger partial charge in [0.25, 0.3) is 5.91 Å². The molecular formula is C19H22ClNO3. The van der Waals surface area contributed by atoms with E-state index in [1.165, 1.54) is 0 Å². The van der Waals surface area contributed by atoms with Gasteiger partial charge in [-0.3, -0.25) is 4.79 Å². The Hall–Kier alpha value is -2.20. The molecule has 0 aliphatic heterocycles. The second kappa shape index (κ2) is 8.06. The number of anilines is 1. The fourth-order valence-electron chi connectivity index (χ4n) is 2.34. The highest BCUT2D eigenvalue weighted by molar-refractivity contribution is 6.34. The molecule has 0 radical (unpaired) electrons. The Labute approximate surface area is 147 Å². The Bertz CT molecular complexity index is 690. The molecule has 1 amide bonds. The van der Waals surface area contributed by atoms with Crippen LogP contribution in [0.2, 0.25) is 5.02 Å². The van der Waals surface area contributed by atoms with Gasteiger partial charge in [0.05, 0.1) is 17.3 Å². The molecule has 0 aromatic heterocycles. The molecule has 1 unspecified atom stereocenters. The van der Waals surface area contributed by atoms with E-state index in [2.05, 4.69) is 5.32 Å². The summed E-state index contributed by atoms with van der Waals surface area (Å²) in [5, 5.41) is 3.36. The van der Waals surface area contributed by atoms with E-state index < -0.39 is 6.10 Å². The Morgan fingerprint density at radius 1 is 1.17 bits per heavy atom. The number of aryl methyl sites for hydroxylation is 2. The first-order chi connectivity index (χ1) is 11.4. The normalized spacial score (nSPS) is 11.7. The lowest BCUT2D eigenvalue weighted by Gasteiger charge is -2.17. The zero-order chi connectivity index (χ0) is 17.7. The van der Waals surface area contributed by atoms with Gasteiger partial charge in [-0.25, -0.2) is 0 Å². The summed E-state index contributed by atoms with van der Waals surface area (Å²) in [7, 11) is 0. The number of amides is 1. The van der Waals surface area contributed by atoms with E-state index in [4.69, 9.17) is 21.1 Å². The molecule has 2 aromatic carbocycles. The lowest BCUT2D eigenvalue weighted by molar-refractivity contribution is -0.122. The average Bonchev–Trinajstić information content (AvgIpc) is 2.52. The van der Waals surface area contributed by atoms with Gasteiger partial charge in [-0.15, -0.1) is 0 Å². The predicted molar refractivity (Wildman–Crippen MR) is 97.3 cm³/mol. The molecule has 5 heteroatoms. The molecular weight excluding hydrogens is 326 g/mol. The maximum atomic E-state index is 12.4. The molecule has 1 N–H and O–H groups in total. The Kier molecular flexibility index (Phi) is 6.10. The third-order valence-corrected chi connectivity index (χ3v) is 3.79. The molecule has 0 aliphatic rings. The molecule has 0 fully saturated rings. The highest BCUT2D eigenvalue weighted by Crippen LogP contribution is 2.27. The summed E-state index contributed by atoms with van der Waals surface area (Å²) >= 11 is 6.22. The van der Waals surface area contributed by atoms with Crippen molar-refractivity contribution in [2.75, 3.05) is 11.9 Å². The number of hydrogen-bond donors (Lipinski definition) is 1. The fourth-order valence-corrected chi connectivity index (χ4v) is 2.71. The van der Waals surface area contributed by atoms with Crippen LogP contribution >= 0.6 is 11.6 Å². The summed E-state index contributed by atoms with van der Waals surface area (Å²) in [6, 6.07) is 11.0. The molecule has 2 aromatic rings. The van der Waals surface area contributed by atoms with Crippen molar-refractivity contribution in [2.45, 2.75) is 33.8 Å². The molecule has 128 valence electrons. The minimum atomic E-state index is -0.653. The molecule has 4 nitrogen and oxygen atoms in total. The molecule has 0 saturated carbocycles. The van der Waals surface area contributed by atoms with E-state index in [1.54, 1.807) is 19.1 Å². The molecule has 0 aliphatic carbocycles. The largest absolute Gasteiger partial charge is 0.494 e. The summed E-state index contributed by atoms with van der Waals surface area (Å²) < 4.78 is 11.1. The van der Waals surface area contributed by atoms with Crippen molar-refractivity contribution < 1.29 is 14.3 Å². The third kappa shape index (κ3) is 4.65.